The van der Waals surface area contributed by atoms with Crippen LogP contribution < -0.4 is 18.8 Å². The van der Waals surface area contributed by atoms with Gasteiger partial charge in [0, 0.05) is 17.5 Å². The van der Waals surface area contributed by atoms with Gasteiger partial charge in [0.25, 0.3) is 0 Å². The zero-order chi connectivity index (χ0) is 34.0. The van der Waals surface area contributed by atoms with Crippen LogP contribution in [0.2, 0.25) is 0 Å². The number of nitrogens with zero attached hydrogens (tertiary/aromatic N) is 1. The van der Waals surface area contributed by atoms with Crippen molar-refractivity contribution in [2.75, 3.05) is 21.3 Å². The van der Waals surface area contributed by atoms with Gasteiger partial charge >= 0.3 is 0 Å². The van der Waals surface area contributed by atoms with E-state index in [4.69, 9.17) is 14.2 Å². The van der Waals surface area contributed by atoms with Crippen LogP contribution in [0.1, 0.15) is 81.3 Å². The van der Waals surface area contributed by atoms with Crippen molar-refractivity contribution < 1.29 is 18.8 Å². The number of methoxy groups -OCH3 is 3. The van der Waals surface area contributed by atoms with E-state index in [0.717, 1.165) is 36.4 Å². The standard InChI is InChI=1S/C32H43BO3.C11H12N/c1-5-6-7-8-9-10-11-32(28-16-22-31(36-4)23-17-28)33(24-26-12-18-29(34-2)19-13-26)25-27-14-20-30(35-3)21-15-27;1-2-12-9-5-7-10-6-3-4-8-11(10)12/h12-23,32H,5-11,24-25H2,1-4H3;3-9H,2H2,1H3/q;+1. The molecule has 5 heteroatoms. The van der Waals surface area contributed by atoms with E-state index in [1.807, 2.05) is 0 Å². The van der Waals surface area contributed by atoms with E-state index >= 15 is 0 Å². The minimum atomic E-state index is 0.478. The lowest BCUT2D eigenvalue weighted by molar-refractivity contribution is -0.667. The van der Waals surface area contributed by atoms with Gasteiger partial charge in [-0.25, -0.2) is 0 Å². The highest BCUT2D eigenvalue weighted by Gasteiger charge is 2.27. The summed E-state index contributed by atoms with van der Waals surface area (Å²) in [7, 11) is 5.18. The largest absolute Gasteiger partial charge is 0.497 e. The van der Waals surface area contributed by atoms with Crippen molar-refractivity contribution in [1.29, 1.82) is 0 Å². The van der Waals surface area contributed by atoms with E-state index in [2.05, 4.69) is 134 Å². The van der Waals surface area contributed by atoms with Crippen molar-refractivity contribution in [3.8, 4) is 17.2 Å². The second-order valence-corrected chi connectivity index (χ2v) is 12.7. The molecule has 5 rings (SSSR count). The molecule has 0 radical (unpaired) electrons. The fourth-order valence-corrected chi connectivity index (χ4v) is 6.65. The minimum absolute atomic E-state index is 0.478. The topological polar surface area (TPSA) is 31.6 Å². The molecule has 0 fully saturated rings. The molecule has 4 aromatic carbocycles. The first-order valence-corrected chi connectivity index (χ1v) is 17.9. The highest BCUT2D eigenvalue weighted by atomic mass is 16.5. The summed E-state index contributed by atoms with van der Waals surface area (Å²) in [5, 5.41) is 1.31. The number of benzene rings is 4. The Kier molecular flexibility index (Phi) is 15.4. The number of aromatic nitrogens is 1. The summed E-state index contributed by atoms with van der Waals surface area (Å²) < 4.78 is 18.5. The van der Waals surface area contributed by atoms with E-state index in [0.29, 0.717) is 12.5 Å². The quantitative estimate of drug-likeness (QED) is 0.0574. The molecular formula is C43H55BNO3+. The molecule has 252 valence electrons. The van der Waals surface area contributed by atoms with Crippen LogP contribution in [0, 0.1) is 0 Å². The highest BCUT2D eigenvalue weighted by Crippen LogP contribution is 2.31. The molecule has 0 aliphatic rings. The maximum atomic E-state index is 5.46. The summed E-state index contributed by atoms with van der Waals surface area (Å²) in [6.45, 7) is 5.95. The van der Waals surface area contributed by atoms with Crippen LogP contribution in [0.3, 0.4) is 0 Å². The first-order valence-electron chi connectivity index (χ1n) is 17.9. The Morgan fingerprint density at radius 3 is 1.60 bits per heavy atom. The first-order chi connectivity index (χ1) is 23.6. The van der Waals surface area contributed by atoms with Crippen LogP contribution in [0.4, 0.5) is 0 Å². The lowest BCUT2D eigenvalue weighted by Crippen LogP contribution is -2.32. The van der Waals surface area contributed by atoms with Crippen LogP contribution in [0.25, 0.3) is 10.9 Å². The van der Waals surface area contributed by atoms with Crippen LogP contribution in [-0.4, -0.2) is 28.0 Å². The molecule has 48 heavy (non-hydrogen) atoms. The summed E-state index contributed by atoms with van der Waals surface area (Å²) in [6.07, 6.45) is 13.3. The fraction of sp³-hybridized carbons (Fsp3) is 0.372. The van der Waals surface area contributed by atoms with Crippen molar-refractivity contribution in [3.63, 3.8) is 0 Å². The SMILES string of the molecule is CCCCCCCCC(B(Cc1ccc(OC)cc1)Cc1ccc(OC)cc1)c1ccc(OC)cc1.CC[n+]1cccc2ccccc21. The predicted molar refractivity (Wildman–Crippen MR) is 203 cm³/mol. The Labute approximate surface area is 290 Å². The zero-order valence-electron chi connectivity index (χ0n) is 29.9. The predicted octanol–water partition coefficient (Wildman–Crippen LogP) is 10.3. The van der Waals surface area contributed by atoms with Gasteiger partial charge in [-0.3, -0.25) is 0 Å². The molecule has 0 saturated heterocycles. The van der Waals surface area contributed by atoms with E-state index < -0.39 is 0 Å². The molecule has 4 nitrogen and oxygen atoms in total. The number of para-hydroxylation sites is 1. The second-order valence-electron chi connectivity index (χ2n) is 12.7. The number of hydrogen-bond acceptors (Lipinski definition) is 3. The molecule has 0 spiro atoms. The van der Waals surface area contributed by atoms with Crippen molar-refractivity contribution in [1.82, 2.24) is 0 Å². The summed E-state index contributed by atoms with van der Waals surface area (Å²) in [4.78, 5) is 0. The Bertz CT molecular complexity index is 1550. The normalized spacial score (nSPS) is 11.4. The summed E-state index contributed by atoms with van der Waals surface area (Å²) in [5.74, 6) is 3.21. The third-order valence-corrected chi connectivity index (χ3v) is 9.42. The van der Waals surface area contributed by atoms with Gasteiger partial charge in [0.15, 0.2) is 12.9 Å². The Morgan fingerprint density at radius 1 is 0.562 bits per heavy atom. The molecule has 1 unspecified atom stereocenters. The van der Waals surface area contributed by atoms with Crippen molar-refractivity contribution in [2.24, 2.45) is 0 Å². The van der Waals surface area contributed by atoms with Gasteiger partial charge in [0.1, 0.15) is 23.8 Å². The van der Waals surface area contributed by atoms with Crippen LogP contribution >= 0.6 is 0 Å². The van der Waals surface area contributed by atoms with Gasteiger partial charge in [-0.2, -0.15) is 4.57 Å². The van der Waals surface area contributed by atoms with Gasteiger partial charge in [-0.05, 0) is 73.9 Å². The zero-order valence-corrected chi connectivity index (χ0v) is 29.9. The average Bonchev–Trinajstić information content (AvgIpc) is 3.15. The lowest BCUT2D eigenvalue weighted by Gasteiger charge is -2.26. The summed E-state index contributed by atoms with van der Waals surface area (Å²) in [5.41, 5.74) is 5.44. The smallest absolute Gasteiger partial charge is 0.212 e. The van der Waals surface area contributed by atoms with Gasteiger partial charge in [0.05, 0.1) is 21.3 Å². The van der Waals surface area contributed by atoms with Crippen LogP contribution in [-0.2, 0) is 19.2 Å². The maximum Gasteiger partial charge on any atom is 0.212 e. The molecule has 0 aliphatic carbocycles. The average molecular weight is 645 g/mol. The van der Waals surface area contributed by atoms with Gasteiger partial charge in [0.2, 0.25) is 5.52 Å². The third-order valence-electron chi connectivity index (χ3n) is 9.42. The number of aryl methyl sites for hydroxylation is 1. The molecule has 0 amide bonds. The molecule has 0 N–H and O–H groups in total. The fourth-order valence-electron chi connectivity index (χ4n) is 6.65. The van der Waals surface area contributed by atoms with Crippen molar-refractivity contribution in [3.05, 3.63) is 132 Å². The lowest BCUT2D eigenvalue weighted by atomic mass is 9.34. The maximum absolute atomic E-state index is 5.46. The molecule has 1 atom stereocenters. The van der Waals surface area contributed by atoms with Crippen molar-refractivity contribution in [2.45, 2.75) is 83.8 Å². The highest BCUT2D eigenvalue weighted by molar-refractivity contribution is 6.59. The molecular weight excluding hydrogens is 589 g/mol. The number of rotatable bonds is 17. The van der Waals surface area contributed by atoms with Gasteiger partial charge in [-0.1, -0.05) is 117 Å². The van der Waals surface area contributed by atoms with E-state index in [1.165, 1.54) is 72.5 Å². The van der Waals surface area contributed by atoms with Gasteiger partial charge < -0.3 is 14.2 Å². The molecule has 0 aliphatic heterocycles. The number of hydrogen-bond donors (Lipinski definition) is 0. The summed E-state index contributed by atoms with van der Waals surface area (Å²) >= 11 is 0. The van der Waals surface area contributed by atoms with Crippen LogP contribution in [0.5, 0.6) is 17.2 Å². The molecule has 0 bridgehead atoms. The summed E-state index contributed by atoms with van der Waals surface area (Å²) in [6, 6.07) is 38.6. The first kappa shape index (κ1) is 36.6. The number of unbranched alkanes of at least 4 members (excludes halogenated alkanes) is 5. The number of fused-ring (bicyclic) bond motifs is 1. The van der Waals surface area contributed by atoms with Crippen molar-refractivity contribution >= 4 is 17.6 Å². The number of pyridine rings is 1. The Hall–Kier alpha value is -4.25. The van der Waals surface area contributed by atoms with Crippen LogP contribution in [0.15, 0.2) is 115 Å². The molecule has 5 aromatic rings. The third kappa shape index (κ3) is 11.2. The van der Waals surface area contributed by atoms with E-state index in [-0.39, 0.29) is 0 Å². The van der Waals surface area contributed by atoms with E-state index in [1.54, 1.807) is 21.3 Å². The Balaban J connectivity index is 0.000000360. The van der Waals surface area contributed by atoms with Gasteiger partial charge in [-0.15, -0.1) is 0 Å². The molecule has 1 heterocycles. The monoisotopic (exact) mass is 644 g/mol. The minimum Gasteiger partial charge on any atom is -0.497 e. The molecule has 0 saturated carbocycles. The Morgan fingerprint density at radius 2 is 1.06 bits per heavy atom. The molecule has 1 aromatic heterocycles. The van der Waals surface area contributed by atoms with E-state index in [9.17, 15) is 0 Å². The number of ether oxygens (including phenoxy) is 3. The second kappa shape index (κ2) is 20.2.